The van der Waals surface area contributed by atoms with Crippen LogP contribution in [0.2, 0.25) is 0 Å². The van der Waals surface area contributed by atoms with E-state index in [2.05, 4.69) is 22.5 Å². The van der Waals surface area contributed by atoms with Crippen molar-refractivity contribution >= 4 is 6.03 Å². The first-order valence-electron chi connectivity index (χ1n) is 6.19. The summed E-state index contributed by atoms with van der Waals surface area (Å²) < 4.78 is 5.02. The summed E-state index contributed by atoms with van der Waals surface area (Å²) in [6.45, 7) is 4.56. The summed E-state index contributed by atoms with van der Waals surface area (Å²) in [6, 6.07) is 3.70. The maximum atomic E-state index is 11.6. The third-order valence-corrected chi connectivity index (χ3v) is 2.56. The van der Waals surface area contributed by atoms with E-state index in [0.717, 1.165) is 18.4 Å². The predicted octanol–water partition coefficient (Wildman–Crippen LogP) is 2.08. The molecular formula is C13H21N3O2. The summed E-state index contributed by atoms with van der Waals surface area (Å²) in [5, 5.41) is 5.69. The van der Waals surface area contributed by atoms with Crippen LogP contribution in [0.15, 0.2) is 18.3 Å². The number of carbonyl (C=O) groups is 1. The molecule has 2 N–H and O–H groups in total. The average molecular weight is 251 g/mol. The number of nitrogens with zero attached hydrogens (tertiary/aromatic N) is 1. The zero-order chi connectivity index (χ0) is 13.4. The van der Waals surface area contributed by atoms with Crippen molar-refractivity contribution in [2.24, 2.45) is 0 Å². The molecule has 0 bridgehead atoms. The number of methoxy groups -OCH3 is 1. The SMILES string of the molecule is CCC[C@@H](C)NC(=O)NCc1ccnc(OC)c1. The summed E-state index contributed by atoms with van der Waals surface area (Å²) >= 11 is 0. The number of aromatic nitrogens is 1. The molecule has 18 heavy (non-hydrogen) atoms. The zero-order valence-corrected chi connectivity index (χ0v) is 11.2. The standard InChI is InChI=1S/C13H21N3O2/c1-4-5-10(2)16-13(17)15-9-11-6-7-14-12(8-11)18-3/h6-8,10H,4-5,9H2,1-3H3,(H2,15,16,17)/t10-/m1/s1. The van der Waals surface area contributed by atoms with Gasteiger partial charge >= 0.3 is 6.03 Å². The normalized spacial score (nSPS) is 11.7. The summed E-state index contributed by atoms with van der Waals surface area (Å²) in [6.07, 6.45) is 3.70. The number of hydrogen-bond acceptors (Lipinski definition) is 3. The van der Waals surface area contributed by atoms with Gasteiger partial charge in [-0.3, -0.25) is 0 Å². The molecule has 0 fully saturated rings. The van der Waals surface area contributed by atoms with Gasteiger partial charge in [0.25, 0.3) is 0 Å². The molecule has 0 saturated heterocycles. The maximum Gasteiger partial charge on any atom is 0.315 e. The van der Waals surface area contributed by atoms with Gasteiger partial charge in [-0.05, 0) is 25.0 Å². The first-order valence-corrected chi connectivity index (χ1v) is 6.19. The molecule has 0 unspecified atom stereocenters. The van der Waals surface area contributed by atoms with E-state index in [4.69, 9.17) is 4.74 Å². The molecule has 1 aromatic rings. The first-order chi connectivity index (χ1) is 8.65. The Morgan fingerprint density at radius 3 is 3.00 bits per heavy atom. The molecule has 1 heterocycles. The second-order valence-electron chi connectivity index (χ2n) is 4.22. The van der Waals surface area contributed by atoms with E-state index in [9.17, 15) is 4.79 Å². The van der Waals surface area contributed by atoms with E-state index >= 15 is 0 Å². The fourth-order valence-corrected chi connectivity index (χ4v) is 1.63. The smallest absolute Gasteiger partial charge is 0.315 e. The van der Waals surface area contributed by atoms with Crippen LogP contribution >= 0.6 is 0 Å². The van der Waals surface area contributed by atoms with Gasteiger partial charge in [0.2, 0.25) is 5.88 Å². The van der Waals surface area contributed by atoms with E-state index in [1.165, 1.54) is 0 Å². The van der Waals surface area contributed by atoms with Crippen molar-refractivity contribution in [3.8, 4) is 5.88 Å². The van der Waals surface area contributed by atoms with Gasteiger partial charge in [-0.2, -0.15) is 0 Å². The molecule has 5 nitrogen and oxygen atoms in total. The Hall–Kier alpha value is -1.78. The lowest BCUT2D eigenvalue weighted by Crippen LogP contribution is -2.40. The fourth-order valence-electron chi connectivity index (χ4n) is 1.63. The Balaban J connectivity index is 2.37. The van der Waals surface area contributed by atoms with Crippen LogP contribution in [0.3, 0.4) is 0 Å². The number of pyridine rings is 1. The molecule has 1 rings (SSSR count). The minimum absolute atomic E-state index is 0.147. The molecule has 1 atom stereocenters. The number of rotatable bonds is 6. The van der Waals surface area contributed by atoms with Gasteiger partial charge in [-0.15, -0.1) is 0 Å². The highest BCUT2D eigenvalue weighted by Gasteiger charge is 2.05. The summed E-state index contributed by atoms with van der Waals surface area (Å²) in [4.78, 5) is 15.6. The molecule has 0 spiro atoms. The van der Waals surface area contributed by atoms with Crippen molar-refractivity contribution < 1.29 is 9.53 Å². The van der Waals surface area contributed by atoms with Gasteiger partial charge in [0.05, 0.1) is 7.11 Å². The van der Waals surface area contributed by atoms with E-state index < -0.39 is 0 Å². The second-order valence-corrected chi connectivity index (χ2v) is 4.22. The Morgan fingerprint density at radius 2 is 2.33 bits per heavy atom. The van der Waals surface area contributed by atoms with Crippen molar-refractivity contribution in [2.45, 2.75) is 39.3 Å². The summed E-state index contributed by atoms with van der Waals surface area (Å²) in [5.41, 5.74) is 0.958. The van der Waals surface area contributed by atoms with Crippen molar-refractivity contribution in [1.82, 2.24) is 15.6 Å². The molecule has 0 aliphatic carbocycles. The van der Waals surface area contributed by atoms with Gasteiger partial charge < -0.3 is 15.4 Å². The highest BCUT2D eigenvalue weighted by atomic mass is 16.5. The summed E-state index contributed by atoms with van der Waals surface area (Å²) in [5.74, 6) is 0.550. The fraction of sp³-hybridized carbons (Fsp3) is 0.538. The van der Waals surface area contributed by atoms with E-state index in [-0.39, 0.29) is 12.1 Å². The lowest BCUT2D eigenvalue weighted by atomic mass is 10.2. The number of carbonyl (C=O) groups excluding carboxylic acids is 1. The van der Waals surface area contributed by atoms with Crippen LogP contribution in [0, 0.1) is 0 Å². The molecule has 0 aliphatic rings. The highest BCUT2D eigenvalue weighted by Crippen LogP contribution is 2.07. The Morgan fingerprint density at radius 1 is 1.56 bits per heavy atom. The molecule has 0 radical (unpaired) electrons. The molecular weight excluding hydrogens is 230 g/mol. The third-order valence-electron chi connectivity index (χ3n) is 2.56. The van der Waals surface area contributed by atoms with Gasteiger partial charge in [0, 0.05) is 24.8 Å². The highest BCUT2D eigenvalue weighted by molar-refractivity contribution is 5.74. The van der Waals surface area contributed by atoms with Crippen molar-refractivity contribution in [3.63, 3.8) is 0 Å². The number of urea groups is 1. The van der Waals surface area contributed by atoms with Crippen molar-refractivity contribution in [2.75, 3.05) is 7.11 Å². The quantitative estimate of drug-likeness (QED) is 0.813. The number of nitrogens with one attached hydrogen (secondary N) is 2. The Kier molecular flexibility index (Phi) is 5.97. The van der Waals surface area contributed by atoms with Crippen molar-refractivity contribution in [1.29, 1.82) is 0 Å². The van der Waals surface area contributed by atoms with Crippen LogP contribution in [-0.2, 0) is 6.54 Å². The Labute approximate surface area is 108 Å². The largest absolute Gasteiger partial charge is 0.481 e. The lowest BCUT2D eigenvalue weighted by Gasteiger charge is -2.13. The van der Waals surface area contributed by atoms with Crippen LogP contribution in [0.1, 0.15) is 32.3 Å². The third kappa shape index (κ3) is 5.03. The molecule has 0 aliphatic heterocycles. The summed E-state index contributed by atoms with van der Waals surface area (Å²) in [7, 11) is 1.57. The van der Waals surface area contributed by atoms with Gasteiger partial charge in [-0.1, -0.05) is 13.3 Å². The van der Waals surface area contributed by atoms with Crippen LogP contribution < -0.4 is 15.4 Å². The van der Waals surface area contributed by atoms with E-state index in [1.54, 1.807) is 19.4 Å². The molecule has 1 aromatic heterocycles. The van der Waals surface area contributed by atoms with Crippen LogP contribution in [-0.4, -0.2) is 24.2 Å². The second kappa shape index (κ2) is 7.53. The molecule has 2 amide bonds. The minimum atomic E-state index is -0.147. The van der Waals surface area contributed by atoms with Crippen LogP contribution in [0.5, 0.6) is 5.88 Å². The van der Waals surface area contributed by atoms with Gasteiger partial charge in [0.1, 0.15) is 0 Å². The first kappa shape index (κ1) is 14.3. The minimum Gasteiger partial charge on any atom is -0.481 e. The lowest BCUT2D eigenvalue weighted by molar-refractivity contribution is 0.236. The number of amides is 2. The number of hydrogen-bond donors (Lipinski definition) is 2. The van der Waals surface area contributed by atoms with E-state index in [0.29, 0.717) is 12.4 Å². The number of ether oxygens (including phenoxy) is 1. The maximum absolute atomic E-state index is 11.6. The molecule has 100 valence electrons. The average Bonchev–Trinajstić information content (AvgIpc) is 2.37. The van der Waals surface area contributed by atoms with Crippen LogP contribution in [0.25, 0.3) is 0 Å². The Bertz CT molecular complexity index is 382. The monoisotopic (exact) mass is 251 g/mol. The molecule has 5 heteroatoms. The molecule has 0 saturated carbocycles. The topological polar surface area (TPSA) is 63.2 Å². The molecule has 0 aromatic carbocycles. The zero-order valence-electron chi connectivity index (χ0n) is 11.2. The predicted molar refractivity (Wildman–Crippen MR) is 70.5 cm³/mol. The van der Waals surface area contributed by atoms with Gasteiger partial charge in [0.15, 0.2) is 0 Å². The van der Waals surface area contributed by atoms with E-state index in [1.807, 2.05) is 13.0 Å². The van der Waals surface area contributed by atoms with Gasteiger partial charge in [-0.25, -0.2) is 9.78 Å². The van der Waals surface area contributed by atoms with Crippen LogP contribution in [0.4, 0.5) is 4.79 Å². The van der Waals surface area contributed by atoms with Crippen molar-refractivity contribution in [3.05, 3.63) is 23.9 Å².